The molecule has 0 aliphatic carbocycles. The largest absolute Gasteiger partial charge is 0.495 e. The molecule has 1 aliphatic rings. The summed E-state index contributed by atoms with van der Waals surface area (Å²) in [5, 5.41) is 4.73. The molecule has 1 fully saturated rings. The molecular weight excluding hydrogens is 427 g/mol. The molecule has 0 saturated carbocycles. The lowest BCUT2D eigenvalue weighted by Gasteiger charge is -2.32. The van der Waals surface area contributed by atoms with E-state index in [1.54, 1.807) is 12.1 Å². The molecule has 5 aromatic rings. The van der Waals surface area contributed by atoms with Crippen LogP contribution in [0.2, 0.25) is 0 Å². The highest BCUT2D eigenvalue weighted by Gasteiger charge is 2.52. The van der Waals surface area contributed by atoms with Crippen molar-refractivity contribution in [2.24, 2.45) is 0 Å². The van der Waals surface area contributed by atoms with Gasteiger partial charge in [-0.05, 0) is 95.2 Å². The van der Waals surface area contributed by atoms with Crippen LogP contribution in [0.3, 0.4) is 0 Å². The van der Waals surface area contributed by atoms with Crippen LogP contribution in [0, 0.1) is 0 Å². The Bertz CT molecular complexity index is 1660. The summed E-state index contributed by atoms with van der Waals surface area (Å²) in [5.41, 5.74) is 4.02. The van der Waals surface area contributed by atoms with Crippen LogP contribution in [0.5, 0.6) is 0 Å². The van der Waals surface area contributed by atoms with Crippen LogP contribution in [-0.2, 0) is 9.31 Å². The van der Waals surface area contributed by atoms with E-state index in [2.05, 4.69) is 78.9 Å². The van der Waals surface area contributed by atoms with Crippen molar-refractivity contribution in [2.75, 3.05) is 0 Å². The summed E-state index contributed by atoms with van der Waals surface area (Å²) in [6.45, 7) is 8.10. The fourth-order valence-electron chi connectivity index (χ4n) is 4.77. The molecule has 0 bridgehead atoms. The first-order valence-corrected chi connectivity index (χ1v) is 12.1. The molecule has 5 aromatic carbocycles. The topological polar surface area (TPSA) is 18.5 Å². The molecule has 172 valence electrons. The lowest BCUT2D eigenvalue weighted by atomic mass is 9.74. The number of hydrogen-bond acceptors (Lipinski definition) is 2. The van der Waals surface area contributed by atoms with Crippen molar-refractivity contribution >= 4 is 34.1 Å². The van der Waals surface area contributed by atoms with Gasteiger partial charge < -0.3 is 9.31 Å². The quantitative estimate of drug-likeness (QED) is 0.259. The highest BCUT2D eigenvalue weighted by molar-refractivity contribution is 6.63. The number of rotatable bonds is 3. The number of hydrogen-bond donors (Lipinski definition) is 0. The summed E-state index contributed by atoms with van der Waals surface area (Å²) in [4.78, 5) is 0. The first kappa shape index (κ1) is 19.9. The summed E-state index contributed by atoms with van der Waals surface area (Å²) >= 11 is 0. The fourth-order valence-corrected chi connectivity index (χ4v) is 4.77. The van der Waals surface area contributed by atoms with Gasteiger partial charge in [-0.2, -0.15) is 0 Å². The normalized spacial score (nSPS) is 17.5. The predicted molar refractivity (Wildman–Crippen MR) is 148 cm³/mol. The zero-order chi connectivity index (χ0) is 25.9. The maximum atomic E-state index is 8.31. The Balaban J connectivity index is 1.41. The minimum absolute atomic E-state index is 0.161. The van der Waals surface area contributed by atoms with Crippen molar-refractivity contribution < 1.29 is 12.1 Å². The average Bonchev–Trinajstić information content (AvgIpc) is 3.10. The van der Waals surface area contributed by atoms with Gasteiger partial charge in [0.05, 0.1) is 13.9 Å². The molecular formula is C32H29BO2. The summed E-state index contributed by atoms with van der Waals surface area (Å²) in [6.07, 6.45) is 0. The third-order valence-electron chi connectivity index (χ3n) is 7.58. The van der Waals surface area contributed by atoms with Gasteiger partial charge in [-0.3, -0.25) is 0 Å². The Morgan fingerprint density at radius 3 is 1.71 bits per heavy atom. The molecule has 0 spiro atoms. The monoisotopic (exact) mass is 458 g/mol. The molecule has 35 heavy (non-hydrogen) atoms. The van der Waals surface area contributed by atoms with Gasteiger partial charge in [0.1, 0.15) is 0 Å². The molecule has 0 N–H and O–H groups in total. The molecule has 1 aliphatic heterocycles. The minimum atomic E-state index is -0.601. The lowest BCUT2D eigenvalue weighted by molar-refractivity contribution is 0.00578. The molecule has 0 radical (unpaired) electrons. The molecule has 1 saturated heterocycles. The highest BCUT2D eigenvalue weighted by Crippen LogP contribution is 2.37. The first-order chi connectivity index (χ1) is 17.6. The van der Waals surface area contributed by atoms with E-state index in [0.29, 0.717) is 0 Å². The molecule has 0 aromatic heterocycles. The van der Waals surface area contributed by atoms with Crippen LogP contribution >= 0.6 is 0 Å². The van der Waals surface area contributed by atoms with E-state index in [4.69, 9.17) is 12.1 Å². The Labute approximate surface area is 210 Å². The van der Waals surface area contributed by atoms with Gasteiger partial charge in [0.2, 0.25) is 0 Å². The van der Waals surface area contributed by atoms with E-state index >= 15 is 0 Å². The van der Waals surface area contributed by atoms with Crippen molar-refractivity contribution in [2.45, 2.75) is 38.9 Å². The fraction of sp³-hybridized carbons (Fsp3) is 0.188. The van der Waals surface area contributed by atoms with Gasteiger partial charge in [0.25, 0.3) is 0 Å². The van der Waals surface area contributed by atoms with Crippen LogP contribution in [0.1, 0.15) is 30.4 Å². The van der Waals surface area contributed by atoms with Crippen LogP contribution in [0.15, 0.2) is 103 Å². The average molecular weight is 458 g/mol. The van der Waals surface area contributed by atoms with E-state index in [1.807, 2.05) is 27.7 Å². The van der Waals surface area contributed by atoms with Crippen LogP contribution in [-0.4, -0.2) is 18.3 Å². The minimum Gasteiger partial charge on any atom is -0.399 e. The third kappa shape index (κ3) is 3.85. The second-order valence-electron chi connectivity index (χ2n) is 10.4. The molecule has 2 nitrogen and oxygen atoms in total. The second kappa shape index (κ2) is 8.08. The van der Waals surface area contributed by atoms with E-state index in [-0.39, 0.29) is 12.1 Å². The van der Waals surface area contributed by atoms with E-state index < -0.39 is 18.3 Å². The highest BCUT2D eigenvalue weighted by atomic mass is 16.7. The summed E-state index contributed by atoms with van der Waals surface area (Å²) in [7, 11) is -0.601. The van der Waals surface area contributed by atoms with E-state index in [0.717, 1.165) is 27.4 Å². The summed E-state index contributed by atoms with van der Waals surface area (Å²) in [5.74, 6) is 0. The standard InChI is InChI=1S/C32H29BO2/c1-31(2)32(3,4)35-33(34-31)30-12-8-7-11-29(30)28-18-17-26-20-25(15-16-27(26)21-28)24-14-13-22-9-5-6-10-23(22)19-24/h5-21H,1-4H3/i7D,8D. The number of fused-ring (bicyclic) bond motifs is 2. The van der Waals surface area contributed by atoms with Gasteiger partial charge in [0.15, 0.2) is 0 Å². The SMILES string of the molecule is [2H]c1cc(B2OC(C)(C)C(C)(C)O2)c(-c2ccc3cc(-c4ccc5ccccc5c4)ccc3c2)cc1[2H]. The Morgan fingerprint density at radius 2 is 1.06 bits per heavy atom. The van der Waals surface area contributed by atoms with Crippen molar-refractivity contribution in [1.29, 1.82) is 0 Å². The maximum Gasteiger partial charge on any atom is 0.495 e. The van der Waals surface area contributed by atoms with Crippen LogP contribution in [0.4, 0.5) is 0 Å². The molecule has 1 heterocycles. The second-order valence-corrected chi connectivity index (χ2v) is 10.4. The van der Waals surface area contributed by atoms with Crippen LogP contribution in [0.25, 0.3) is 43.8 Å². The smallest absolute Gasteiger partial charge is 0.399 e. The van der Waals surface area contributed by atoms with Gasteiger partial charge in [-0.25, -0.2) is 0 Å². The molecule has 0 unspecified atom stereocenters. The van der Waals surface area contributed by atoms with Crippen LogP contribution < -0.4 is 5.46 Å². The Kier molecular flexibility index (Phi) is 4.59. The zero-order valence-corrected chi connectivity index (χ0v) is 20.6. The summed E-state index contributed by atoms with van der Waals surface area (Å²) < 4.78 is 29.2. The van der Waals surface area contributed by atoms with Gasteiger partial charge in [0, 0.05) is 0 Å². The predicted octanol–water partition coefficient (Wildman–Crippen LogP) is 7.63. The zero-order valence-electron chi connectivity index (χ0n) is 22.6. The van der Waals surface area contributed by atoms with E-state index in [9.17, 15) is 0 Å². The summed E-state index contributed by atoms with van der Waals surface area (Å²) in [6, 6.07) is 31.7. The Hall–Kier alpha value is -3.40. The molecule has 0 amide bonds. The van der Waals surface area contributed by atoms with Crippen molar-refractivity contribution in [1.82, 2.24) is 0 Å². The molecule has 6 rings (SSSR count). The van der Waals surface area contributed by atoms with E-state index in [1.165, 1.54) is 21.9 Å². The van der Waals surface area contributed by atoms with Crippen molar-refractivity contribution in [3.63, 3.8) is 0 Å². The maximum absolute atomic E-state index is 8.31. The van der Waals surface area contributed by atoms with Gasteiger partial charge in [-0.15, -0.1) is 0 Å². The third-order valence-corrected chi connectivity index (χ3v) is 7.58. The van der Waals surface area contributed by atoms with Crippen molar-refractivity contribution in [3.8, 4) is 22.3 Å². The Morgan fingerprint density at radius 1 is 0.571 bits per heavy atom. The van der Waals surface area contributed by atoms with Crippen molar-refractivity contribution in [3.05, 3.63) is 103 Å². The molecule has 3 heteroatoms. The van der Waals surface area contributed by atoms with Gasteiger partial charge >= 0.3 is 7.12 Å². The number of benzene rings is 5. The lowest BCUT2D eigenvalue weighted by Crippen LogP contribution is -2.41. The molecule has 0 atom stereocenters. The first-order valence-electron chi connectivity index (χ1n) is 13.1. The van der Waals surface area contributed by atoms with Gasteiger partial charge in [-0.1, -0.05) is 84.9 Å².